The number of anilines is 1. The molecule has 1 aliphatic rings. The van der Waals surface area contributed by atoms with E-state index in [2.05, 4.69) is 53.9 Å². The molecule has 1 saturated heterocycles. The number of halogens is 2. The molecule has 1 fully saturated rings. The lowest BCUT2D eigenvalue weighted by Crippen LogP contribution is -2.20. The van der Waals surface area contributed by atoms with Crippen LogP contribution in [-0.2, 0) is 0 Å². The van der Waals surface area contributed by atoms with Gasteiger partial charge in [0.25, 0.3) is 0 Å². The molecular weight excluding hydrogens is 308 g/mol. The Balaban J connectivity index is 2.20. The van der Waals surface area contributed by atoms with Crippen LogP contribution in [0, 0.1) is 6.92 Å². The van der Waals surface area contributed by atoms with Crippen LogP contribution < -0.4 is 4.90 Å². The molecule has 1 aliphatic heterocycles. The predicted octanol–water partition coefficient (Wildman–Crippen LogP) is 3.13. The third kappa shape index (κ3) is 2.11. The summed E-state index contributed by atoms with van der Waals surface area (Å²) < 4.78 is 1.08. The minimum absolute atomic E-state index is 0.619. The highest BCUT2D eigenvalue weighted by Gasteiger charge is 2.21. The summed E-state index contributed by atoms with van der Waals surface area (Å²) in [4.78, 5) is 7.48. The van der Waals surface area contributed by atoms with Gasteiger partial charge in [0.2, 0.25) is 0 Å². The molecule has 76 valence electrons. The molecule has 0 aliphatic carbocycles. The number of nitrogens with zero attached hydrogens (tertiary/aromatic N) is 2. The van der Waals surface area contributed by atoms with E-state index >= 15 is 0 Å². The highest BCUT2D eigenvalue weighted by atomic mass is 79.9. The van der Waals surface area contributed by atoms with Crippen molar-refractivity contribution >= 4 is 37.7 Å². The van der Waals surface area contributed by atoms with E-state index in [-0.39, 0.29) is 0 Å². The van der Waals surface area contributed by atoms with Crippen LogP contribution in [0.3, 0.4) is 0 Å². The summed E-state index contributed by atoms with van der Waals surface area (Å²) in [5, 5.41) is 0. The molecule has 0 bridgehead atoms. The molecule has 1 aromatic heterocycles. The minimum atomic E-state index is 0.619. The monoisotopic (exact) mass is 318 g/mol. The summed E-state index contributed by atoms with van der Waals surface area (Å²) in [6.45, 7) is 4.19. The van der Waals surface area contributed by atoms with E-state index in [0.717, 1.165) is 29.1 Å². The van der Waals surface area contributed by atoms with Crippen LogP contribution in [0.4, 0.5) is 5.82 Å². The first-order chi connectivity index (χ1) is 6.66. The van der Waals surface area contributed by atoms with Gasteiger partial charge in [-0.25, -0.2) is 4.98 Å². The Bertz CT molecular complexity index is 341. The second-order valence-corrected chi connectivity index (χ2v) is 5.72. The second kappa shape index (κ2) is 4.19. The van der Waals surface area contributed by atoms with E-state index in [0.29, 0.717) is 4.83 Å². The van der Waals surface area contributed by atoms with Gasteiger partial charge >= 0.3 is 0 Å². The highest BCUT2D eigenvalue weighted by Crippen LogP contribution is 2.24. The van der Waals surface area contributed by atoms with Crippen molar-refractivity contribution in [3.05, 3.63) is 22.3 Å². The third-order valence-corrected chi connectivity index (χ3v) is 4.05. The summed E-state index contributed by atoms with van der Waals surface area (Å²) >= 11 is 7.09. The average Bonchev–Trinajstić information content (AvgIpc) is 2.57. The topological polar surface area (TPSA) is 16.1 Å². The van der Waals surface area contributed by atoms with Gasteiger partial charge in [-0.3, -0.25) is 0 Å². The quantitative estimate of drug-likeness (QED) is 0.739. The first kappa shape index (κ1) is 10.4. The van der Waals surface area contributed by atoms with Crippen LogP contribution in [0.1, 0.15) is 12.1 Å². The summed E-state index contributed by atoms with van der Waals surface area (Å²) in [5.74, 6) is 1.09. The molecule has 2 rings (SSSR count). The molecule has 14 heavy (non-hydrogen) atoms. The largest absolute Gasteiger partial charge is 0.355 e. The maximum atomic E-state index is 4.55. The zero-order valence-electron chi connectivity index (χ0n) is 8.00. The Kier molecular flexibility index (Phi) is 3.12. The van der Waals surface area contributed by atoms with E-state index in [1.807, 2.05) is 6.92 Å². The fraction of sp³-hybridized carbons (Fsp3) is 0.500. The van der Waals surface area contributed by atoms with Crippen LogP contribution in [0.2, 0.25) is 0 Å². The van der Waals surface area contributed by atoms with Gasteiger partial charge < -0.3 is 4.90 Å². The molecule has 0 amide bonds. The van der Waals surface area contributed by atoms with Gasteiger partial charge in [0.1, 0.15) is 5.82 Å². The molecule has 4 heteroatoms. The second-order valence-electron chi connectivity index (χ2n) is 3.57. The van der Waals surface area contributed by atoms with E-state index in [1.165, 1.54) is 6.42 Å². The number of alkyl halides is 1. The SMILES string of the molecule is Cc1nc(N2CCC(Br)C2)ccc1Br. The van der Waals surface area contributed by atoms with Crippen molar-refractivity contribution in [1.29, 1.82) is 0 Å². The molecule has 2 nitrogen and oxygen atoms in total. The number of aromatic nitrogens is 1. The van der Waals surface area contributed by atoms with Crippen LogP contribution >= 0.6 is 31.9 Å². The number of rotatable bonds is 1. The summed E-state index contributed by atoms with van der Waals surface area (Å²) in [7, 11) is 0. The van der Waals surface area contributed by atoms with Crippen molar-refractivity contribution in [3.8, 4) is 0 Å². The molecule has 0 saturated carbocycles. The van der Waals surface area contributed by atoms with Crippen LogP contribution in [0.25, 0.3) is 0 Å². The summed E-state index contributed by atoms with van der Waals surface area (Å²) in [5.41, 5.74) is 1.06. The molecule has 0 aromatic carbocycles. The smallest absolute Gasteiger partial charge is 0.128 e. The molecule has 2 heterocycles. The van der Waals surface area contributed by atoms with Crippen molar-refractivity contribution in [3.63, 3.8) is 0 Å². The van der Waals surface area contributed by atoms with Crippen LogP contribution in [0.15, 0.2) is 16.6 Å². The van der Waals surface area contributed by atoms with Gasteiger partial charge in [0, 0.05) is 22.4 Å². The van der Waals surface area contributed by atoms with E-state index in [4.69, 9.17) is 0 Å². The van der Waals surface area contributed by atoms with Crippen molar-refractivity contribution in [2.45, 2.75) is 18.2 Å². The maximum absolute atomic E-state index is 4.55. The number of hydrogen-bond donors (Lipinski definition) is 0. The highest BCUT2D eigenvalue weighted by molar-refractivity contribution is 9.10. The van der Waals surface area contributed by atoms with Gasteiger partial charge in [-0.15, -0.1) is 0 Å². The Morgan fingerprint density at radius 1 is 1.50 bits per heavy atom. The summed E-state index contributed by atoms with van der Waals surface area (Å²) in [6, 6.07) is 4.14. The molecule has 0 spiro atoms. The van der Waals surface area contributed by atoms with Gasteiger partial charge in [-0.05, 0) is 41.4 Å². The Labute approximate surface area is 101 Å². The Morgan fingerprint density at radius 3 is 2.86 bits per heavy atom. The number of pyridine rings is 1. The van der Waals surface area contributed by atoms with E-state index < -0.39 is 0 Å². The van der Waals surface area contributed by atoms with Crippen molar-refractivity contribution in [2.24, 2.45) is 0 Å². The first-order valence-electron chi connectivity index (χ1n) is 4.69. The zero-order chi connectivity index (χ0) is 10.1. The van der Waals surface area contributed by atoms with Gasteiger partial charge in [0.15, 0.2) is 0 Å². The lowest BCUT2D eigenvalue weighted by Gasteiger charge is -2.17. The fourth-order valence-electron chi connectivity index (χ4n) is 1.63. The Hall–Kier alpha value is -0.0900. The van der Waals surface area contributed by atoms with Crippen molar-refractivity contribution in [2.75, 3.05) is 18.0 Å². The first-order valence-corrected chi connectivity index (χ1v) is 6.40. The fourth-order valence-corrected chi connectivity index (χ4v) is 2.41. The third-order valence-electron chi connectivity index (χ3n) is 2.46. The summed E-state index contributed by atoms with van der Waals surface area (Å²) in [6.07, 6.45) is 1.21. The molecular formula is C10H12Br2N2. The number of aryl methyl sites for hydroxylation is 1. The van der Waals surface area contributed by atoms with Crippen molar-refractivity contribution < 1.29 is 0 Å². The molecule has 0 N–H and O–H groups in total. The molecule has 1 aromatic rings. The Morgan fingerprint density at radius 2 is 2.29 bits per heavy atom. The number of hydrogen-bond acceptors (Lipinski definition) is 2. The standard InChI is InChI=1S/C10H12Br2N2/c1-7-9(12)2-3-10(13-7)14-5-4-8(11)6-14/h2-3,8H,4-6H2,1H3. The van der Waals surface area contributed by atoms with Gasteiger partial charge in [0.05, 0.1) is 5.69 Å². The van der Waals surface area contributed by atoms with E-state index in [9.17, 15) is 0 Å². The van der Waals surface area contributed by atoms with E-state index in [1.54, 1.807) is 0 Å². The maximum Gasteiger partial charge on any atom is 0.128 e. The average molecular weight is 320 g/mol. The lowest BCUT2D eigenvalue weighted by atomic mass is 10.3. The van der Waals surface area contributed by atoms with Crippen molar-refractivity contribution in [1.82, 2.24) is 4.98 Å². The minimum Gasteiger partial charge on any atom is -0.355 e. The normalized spacial score (nSPS) is 21.6. The lowest BCUT2D eigenvalue weighted by molar-refractivity contribution is 0.928. The molecule has 1 atom stereocenters. The molecule has 0 radical (unpaired) electrons. The predicted molar refractivity (Wildman–Crippen MR) is 66.2 cm³/mol. The van der Waals surface area contributed by atoms with Crippen LogP contribution in [-0.4, -0.2) is 22.9 Å². The molecule has 1 unspecified atom stereocenters. The van der Waals surface area contributed by atoms with Gasteiger partial charge in [-0.1, -0.05) is 15.9 Å². The zero-order valence-corrected chi connectivity index (χ0v) is 11.2. The van der Waals surface area contributed by atoms with Crippen LogP contribution in [0.5, 0.6) is 0 Å². The van der Waals surface area contributed by atoms with Gasteiger partial charge in [-0.2, -0.15) is 0 Å².